The molecule has 0 aliphatic carbocycles. The number of aliphatic carboxylic acids is 1. The number of nitrogens with zero attached hydrogens (tertiary/aromatic N) is 1. The van der Waals surface area contributed by atoms with E-state index in [2.05, 4.69) is 0 Å². The van der Waals surface area contributed by atoms with Gasteiger partial charge in [0.05, 0.1) is 12.6 Å². The summed E-state index contributed by atoms with van der Waals surface area (Å²) in [5.41, 5.74) is 5.32. The number of benzene rings is 1. The number of carbonyl (C=O) groups excluding carboxylic acids is 1. The molecule has 0 spiro atoms. The molecule has 3 N–H and O–H groups in total. The second-order valence-corrected chi connectivity index (χ2v) is 5.12. The van der Waals surface area contributed by atoms with Crippen LogP contribution in [-0.2, 0) is 9.59 Å². The van der Waals surface area contributed by atoms with Crippen molar-refractivity contribution in [2.45, 2.75) is 37.8 Å². The predicted molar refractivity (Wildman–Crippen MR) is 75.0 cm³/mol. The number of amides is 1. The average Bonchev–Trinajstić information content (AvgIpc) is 2.88. The quantitative estimate of drug-likeness (QED) is 0.873. The van der Waals surface area contributed by atoms with E-state index >= 15 is 0 Å². The van der Waals surface area contributed by atoms with E-state index < -0.39 is 11.5 Å². The van der Waals surface area contributed by atoms with E-state index in [0.29, 0.717) is 19.3 Å². The highest BCUT2D eigenvalue weighted by molar-refractivity contribution is 5.89. The predicted octanol–water partition coefficient (Wildman–Crippen LogP) is 1.54. The van der Waals surface area contributed by atoms with Crippen LogP contribution in [0.5, 0.6) is 0 Å². The molecule has 2 unspecified atom stereocenters. The molecule has 1 aromatic carbocycles. The molecule has 0 radical (unpaired) electrons. The van der Waals surface area contributed by atoms with Crippen molar-refractivity contribution in [3.63, 3.8) is 0 Å². The van der Waals surface area contributed by atoms with Gasteiger partial charge in [-0.15, -0.1) is 0 Å². The summed E-state index contributed by atoms with van der Waals surface area (Å²) in [6, 6.07) is 9.34. The van der Waals surface area contributed by atoms with Gasteiger partial charge in [0, 0.05) is 0 Å². The van der Waals surface area contributed by atoms with Crippen molar-refractivity contribution in [3.05, 3.63) is 35.9 Å². The third-order valence-electron chi connectivity index (χ3n) is 4.21. The minimum absolute atomic E-state index is 0.168. The number of hydrogen-bond donors (Lipinski definition) is 2. The maximum Gasteiger partial charge on any atom is 0.329 e. The highest BCUT2D eigenvalue weighted by Crippen LogP contribution is 2.44. The van der Waals surface area contributed by atoms with Gasteiger partial charge in [-0.1, -0.05) is 37.3 Å². The van der Waals surface area contributed by atoms with Crippen LogP contribution in [0.3, 0.4) is 0 Å². The molecular weight excluding hydrogens is 256 g/mol. The second kappa shape index (κ2) is 5.63. The second-order valence-electron chi connectivity index (χ2n) is 5.12. The fourth-order valence-corrected chi connectivity index (χ4v) is 3.13. The van der Waals surface area contributed by atoms with Crippen LogP contribution in [0.25, 0.3) is 0 Å². The third kappa shape index (κ3) is 2.18. The summed E-state index contributed by atoms with van der Waals surface area (Å²) in [6.07, 6.45) is 1.50. The highest BCUT2D eigenvalue weighted by Gasteiger charge is 2.52. The lowest BCUT2D eigenvalue weighted by Crippen LogP contribution is -2.54. The Kier molecular flexibility index (Phi) is 4.09. The SMILES string of the molecule is CCC1(C(=O)O)CCC(c2ccccc2)N1C(=O)CN. The first kappa shape index (κ1) is 14.5. The van der Waals surface area contributed by atoms with E-state index in [1.807, 2.05) is 30.3 Å². The molecule has 2 rings (SSSR count). The van der Waals surface area contributed by atoms with Gasteiger partial charge in [-0.3, -0.25) is 4.79 Å². The third-order valence-corrected chi connectivity index (χ3v) is 4.21. The Morgan fingerprint density at radius 1 is 1.40 bits per heavy atom. The molecule has 1 saturated heterocycles. The van der Waals surface area contributed by atoms with Crippen LogP contribution >= 0.6 is 0 Å². The monoisotopic (exact) mass is 276 g/mol. The maximum absolute atomic E-state index is 12.2. The molecule has 1 heterocycles. The lowest BCUT2D eigenvalue weighted by atomic mass is 9.93. The number of carboxylic acid groups (broad SMARTS) is 1. The van der Waals surface area contributed by atoms with Crippen LogP contribution in [0, 0.1) is 0 Å². The summed E-state index contributed by atoms with van der Waals surface area (Å²) in [5, 5.41) is 9.61. The molecule has 20 heavy (non-hydrogen) atoms. The molecule has 0 aromatic heterocycles. The summed E-state index contributed by atoms with van der Waals surface area (Å²) in [4.78, 5) is 25.4. The van der Waals surface area contributed by atoms with Crippen molar-refractivity contribution in [3.8, 4) is 0 Å². The summed E-state index contributed by atoms with van der Waals surface area (Å²) in [7, 11) is 0. The van der Waals surface area contributed by atoms with E-state index in [4.69, 9.17) is 5.73 Å². The van der Waals surface area contributed by atoms with Crippen LogP contribution in [0.15, 0.2) is 30.3 Å². The molecule has 1 aliphatic heterocycles. The van der Waals surface area contributed by atoms with Crippen molar-refractivity contribution in [2.24, 2.45) is 5.73 Å². The molecular formula is C15H20N2O3. The lowest BCUT2D eigenvalue weighted by molar-refractivity contribution is -0.158. The zero-order chi connectivity index (χ0) is 14.8. The molecule has 108 valence electrons. The fourth-order valence-electron chi connectivity index (χ4n) is 3.13. The summed E-state index contributed by atoms with van der Waals surface area (Å²) in [6.45, 7) is 1.64. The lowest BCUT2D eigenvalue weighted by Gasteiger charge is -2.37. The van der Waals surface area contributed by atoms with Gasteiger partial charge in [0.25, 0.3) is 0 Å². The molecule has 0 saturated carbocycles. The molecule has 2 atom stereocenters. The highest BCUT2D eigenvalue weighted by atomic mass is 16.4. The van der Waals surface area contributed by atoms with Gasteiger partial charge in [-0.2, -0.15) is 0 Å². The molecule has 1 amide bonds. The van der Waals surface area contributed by atoms with Crippen molar-refractivity contribution in [1.82, 2.24) is 4.90 Å². The van der Waals surface area contributed by atoms with Gasteiger partial charge < -0.3 is 15.7 Å². The van der Waals surface area contributed by atoms with Crippen LogP contribution in [0.1, 0.15) is 37.8 Å². The molecule has 1 aliphatic rings. The van der Waals surface area contributed by atoms with Crippen LogP contribution in [-0.4, -0.2) is 34.0 Å². The Balaban J connectivity index is 2.45. The van der Waals surface area contributed by atoms with Crippen LogP contribution in [0.4, 0.5) is 0 Å². The molecule has 1 aromatic rings. The first-order chi connectivity index (χ1) is 9.56. The van der Waals surface area contributed by atoms with E-state index in [1.165, 1.54) is 4.90 Å². The van der Waals surface area contributed by atoms with Crippen LogP contribution < -0.4 is 5.73 Å². The smallest absolute Gasteiger partial charge is 0.329 e. The van der Waals surface area contributed by atoms with Gasteiger partial charge in [0.15, 0.2) is 0 Å². The average molecular weight is 276 g/mol. The molecule has 5 nitrogen and oxygen atoms in total. The largest absolute Gasteiger partial charge is 0.479 e. The Morgan fingerprint density at radius 2 is 2.05 bits per heavy atom. The van der Waals surface area contributed by atoms with Crippen molar-refractivity contribution in [2.75, 3.05) is 6.54 Å². The Morgan fingerprint density at radius 3 is 2.55 bits per heavy atom. The summed E-state index contributed by atoms with van der Waals surface area (Å²) >= 11 is 0. The number of hydrogen-bond acceptors (Lipinski definition) is 3. The first-order valence-electron chi connectivity index (χ1n) is 6.87. The maximum atomic E-state index is 12.2. The van der Waals surface area contributed by atoms with Crippen LogP contribution in [0.2, 0.25) is 0 Å². The Labute approximate surface area is 118 Å². The van der Waals surface area contributed by atoms with E-state index in [9.17, 15) is 14.7 Å². The standard InChI is InChI=1S/C15H20N2O3/c1-2-15(14(19)20)9-8-12(17(15)13(18)10-16)11-6-4-3-5-7-11/h3-7,12H,2,8-10,16H2,1H3,(H,19,20). The number of nitrogens with two attached hydrogens (primary N) is 1. The van der Waals surface area contributed by atoms with Crippen molar-refractivity contribution < 1.29 is 14.7 Å². The number of likely N-dealkylation sites (tertiary alicyclic amines) is 1. The van der Waals surface area contributed by atoms with Gasteiger partial charge in [-0.25, -0.2) is 4.79 Å². The van der Waals surface area contributed by atoms with Gasteiger partial charge >= 0.3 is 5.97 Å². The molecule has 1 fully saturated rings. The van der Waals surface area contributed by atoms with Gasteiger partial charge in [-0.05, 0) is 24.8 Å². The zero-order valence-electron chi connectivity index (χ0n) is 11.6. The number of carboxylic acids is 1. The summed E-state index contributed by atoms with van der Waals surface area (Å²) < 4.78 is 0. The van der Waals surface area contributed by atoms with E-state index in [1.54, 1.807) is 6.92 Å². The molecule has 0 bridgehead atoms. The van der Waals surface area contributed by atoms with Crippen molar-refractivity contribution >= 4 is 11.9 Å². The van der Waals surface area contributed by atoms with Gasteiger partial charge in [0.1, 0.15) is 5.54 Å². The Hall–Kier alpha value is -1.88. The zero-order valence-corrected chi connectivity index (χ0v) is 11.6. The van der Waals surface area contributed by atoms with E-state index in [0.717, 1.165) is 5.56 Å². The normalized spacial score (nSPS) is 25.7. The first-order valence-corrected chi connectivity index (χ1v) is 6.87. The minimum Gasteiger partial charge on any atom is -0.479 e. The minimum atomic E-state index is -1.13. The summed E-state index contributed by atoms with van der Waals surface area (Å²) in [5.74, 6) is -1.25. The Bertz CT molecular complexity index is 503. The molecule has 5 heteroatoms. The number of carbonyl (C=O) groups is 2. The topological polar surface area (TPSA) is 83.6 Å². The fraction of sp³-hybridized carbons (Fsp3) is 0.467. The van der Waals surface area contributed by atoms with Gasteiger partial charge in [0.2, 0.25) is 5.91 Å². The number of rotatable bonds is 4. The van der Waals surface area contributed by atoms with Crippen molar-refractivity contribution in [1.29, 1.82) is 0 Å². The van der Waals surface area contributed by atoms with E-state index in [-0.39, 0.29) is 18.5 Å².